The lowest BCUT2D eigenvalue weighted by Crippen LogP contribution is -2.17. The Morgan fingerprint density at radius 3 is 2.55 bits per heavy atom. The standard InChI is InChI=1S/C15H15N5/c1-20(10-11-2-4-12(16)5-3-11)14-7-6-13-15(19-14)18-9-8-17-13/h2-9H,10,16H2,1H3. The van der Waals surface area contributed by atoms with E-state index in [-0.39, 0.29) is 0 Å². The molecule has 5 heteroatoms. The molecule has 0 unspecified atom stereocenters. The second-order valence-corrected chi connectivity index (χ2v) is 4.67. The van der Waals surface area contributed by atoms with Crippen molar-refractivity contribution in [1.29, 1.82) is 0 Å². The summed E-state index contributed by atoms with van der Waals surface area (Å²) in [6, 6.07) is 11.7. The summed E-state index contributed by atoms with van der Waals surface area (Å²) in [6.45, 7) is 0.763. The minimum atomic E-state index is 0.661. The van der Waals surface area contributed by atoms with Crippen molar-refractivity contribution in [2.75, 3.05) is 17.7 Å². The minimum Gasteiger partial charge on any atom is -0.399 e. The monoisotopic (exact) mass is 265 g/mol. The summed E-state index contributed by atoms with van der Waals surface area (Å²) in [6.07, 6.45) is 3.32. The average molecular weight is 265 g/mol. The van der Waals surface area contributed by atoms with E-state index in [1.165, 1.54) is 5.56 Å². The van der Waals surface area contributed by atoms with Gasteiger partial charge in [0.05, 0.1) is 0 Å². The molecule has 0 amide bonds. The predicted molar refractivity (Wildman–Crippen MR) is 80.3 cm³/mol. The molecule has 2 aromatic heterocycles. The molecule has 0 radical (unpaired) electrons. The van der Waals surface area contributed by atoms with Gasteiger partial charge in [-0.25, -0.2) is 9.97 Å². The number of fused-ring (bicyclic) bond motifs is 1. The van der Waals surface area contributed by atoms with Gasteiger partial charge in [0.1, 0.15) is 11.3 Å². The number of hydrogen-bond acceptors (Lipinski definition) is 5. The lowest BCUT2D eigenvalue weighted by molar-refractivity contribution is 0.900. The van der Waals surface area contributed by atoms with Crippen molar-refractivity contribution in [2.45, 2.75) is 6.54 Å². The van der Waals surface area contributed by atoms with E-state index in [2.05, 4.69) is 19.9 Å². The lowest BCUT2D eigenvalue weighted by atomic mass is 10.2. The third-order valence-corrected chi connectivity index (χ3v) is 3.11. The number of nitrogens with zero attached hydrogens (tertiary/aromatic N) is 4. The molecule has 100 valence electrons. The fourth-order valence-electron chi connectivity index (χ4n) is 2.03. The molecule has 3 rings (SSSR count). The first-order chi connectivity index (χ1) is 9.72. The molecule has 0 saturated heterocycles. The second-order valence-electron chi connectivity index (χ2n) is 4.67. The number of aromatic nitrogens is 3. The van der Waals surface area contributed by atoms with Gasteiger partial charge in [0.25, 0.3) is 0 Å². The predicted octanol–water partition coefficient (Wildman–Crippen LogP) is 2.24. The molecule has 0 aliphatic carbocycles. The smallest absolute Gasteiger partial charge is 0.180 e. The molecule has 5 nitrogen and oxygen atoms in total. The highest BCUT2D eigenvalue weighted by atomic mass is 15.2. The molecule has 0 aliphatic rings. The van der Waals surface area contributed by atoms with Crippen molar-refractivity contribution in [3.63, 3.8) is 0 Å². The quantitative estimate of drug-likeness (QED) is 0.736. The van der Waals surface area contributed by atoms with E-state index in [0.717, 1.165) is 23.6 Å². The van der Waals surface area contributed by atoms with Crippen molar-refractivity contribution in [1.82, 2.24) is 15.0 Å². The van der Waals surface area contributed by atoms with E-state index in [4.69, 9.17) is 5.73 Å². The van der Waals surface area contributed by atoms with Gasteiger partial charge in [-0.2, -0.15) is 0 Å². The summed E-state index contributed by atoms with van der Waals surface area (Å²) in [7, 11) is 2.00. The van der Waals surface area contributed by atoms with E-state index < -0.39 is 0 Å². The number of rotatable bonds is 3. The van der Waals surface area contributed by atoms with E-state index in [9.17, 15) is 0 Å². The van der Waals surface area contributed by atoms with Crippen LogP contribution in [-0.2, 0) is 6.54 Å². The first kappa shape index (κ1) is 12.3. The van der Waals surface area contributed by atoms with Crippen LogP contribution in [0.3, 0.4) is 0 Å². The molecule has 0 aliphatic heterocycles. The van der Waals surface area contributed by atoms with Crippen LogP contribution in [0.15, 0.2) is 48.8 Å². The van der Waals surface area contributed by atoms with Crippen LogP contribution >= 0.6 is 0 Å². The van der Waals surface area contributed by atoms with Crippen LogP contribution in [0.5, 0.6) is 0 Å². The molecular formula is C15H15N5. The molecule has 20 heavy (non-hydrogen) atoms. The van der Waals surface area contributed by atoms with Crippen molar-refractivity contribution in [3.8, 4) is 0 Å². The number of pyridine rings is 1. The Morgan fingerprint density at radius 1 is 1.00 bits per heavy atom. The van der Waals surface area contributed by atoms with Gasteiger partial charge < -0.3 is 10.6 Å². The highest BCUT2D eigenvalue weighted by Crippen LogP contribution is 2.16. The first-order valence-corrected chi connectivity index (χ1v) is 6.36. The van der Waals surface area contributed by atoms with Crippen LogP contribution in [0.4, 0.5) is 11.5 Å². The zero-order chi connectivity index (χ0) is 13.9. The molecule has 1 aromatic carbocycles. The van der Waals surface area contributed by atoms with Gasteiger partial charge in [0, 0.05) is 31.7 Å². The molecule has 3 aromatic rings. The van der Waals surface area contributed by atoms with E-state index in [1.807, 2.05) is 43.4 Å². The summed E-state index contributed by atoms with van der Waals surface area (Å²) < 4.78 is 0. The van der Waals surface area contributed by atoms with Gasteiger partial charge in [-0.1, -0.05) is 12.1 Å². The van der Waals surface area contributed by atoms with Crippen LogP contribution in [-0.4, -0.2) is 22.0 Å². The fourth-order valence-corrected chi connectivity index (χ4v) is 2.03. The SMILES string of the molecule is CN(Cc1ccc(N)cc1)c1ccc2nccnc2n1. The van der Waals surface area contributed by atoms with Crippen LogP contribution < -0.4 is 10.6 Å². The van der Waals surface area contributed by atoms with Crippen LogP contribution in [0.2, 0.25) is 0 Å². The Labute approximate surface area is 117 Å². The molecule has 0 bridgehead atoms. The maximum absolute atomic E-state index is 5.69. The third kappa shape index (κ3) is 2.51. The average Bonchev–Trinajstić information content (AvgIpc) is 2.49. The van der Waals surface area contributed by atoms with Crippen molar-refractivity contribution in [2.24, 2.45) is 0 Å². The molecule has 0 spiro atoms. The van der Waals surface area contributed by atoms with Gasteiger partial charge in [0.15, 0.2) is 5.65 Å². The molecule has 2 N–H and O–H groups in total. The number of nitrogens with two attached hydrogens (primary N) is 1. The maximum atomic E-state index is 5.69. The highest BCUT2D eigenvalue weighted by Gasteiger charge is 2.05. The van der Waals surface area contributed by atoms with E-state index in [0.29, 0.717) is 5.65 Å². The Morgan fingerprint density at radius 2 is 1.75 bits per heavy atom. The van der Waals surface area contributed by atoms with E-state index >= 15 is 0 Å². The lowest BCUT2D eigenvalue weighted by Gasteiger charge is -2.18. The minimum absolute atomic E-state index is 0.661. The molecule has 0 atom stereocenters. The van der Waals surface area contributed by atoms with Gasteiger partial charge in [-0.15, -0.1) is 0 Å². The normalized spacial score (nSPS) is 10.7. The highest BCUT2D eigenvalue weighted by molar-refractivity contribution is 5.71. The van der Waals surface area contributed by atoms with Crippen molar-refractivity contribution in [3.05, 3.63) is 54.4 Å². The summed E-state index contributed by atoms with van der Waals surface area (Å²) in [5.41, 5.74) is 9.11. The van der Waals surface area contributed by atoms with Crippen molar-refractivity contribution >= 4 is 22.7 Å². The number of nitrogen functional groups attached to an aromatic ring is 1. The van der Waals surface area contributed by atoms with Gasteiger partial charge in [0.2, 0.25) is 0 Å². The van der Waals surface area contributed by atoms with Gasteiger partial charge in [-0.3, -0.25) is 4.98 Å². The van der Waals surface area contributed by atoms with Gasteiger partial charge >= 0.3 is 0 Å². The van der Waals surface area contributed by atoms with Crippen LogP contribution in [0.1, 0.15) is 5.56 Å². The largest absolute Gasteiger partial charge is 0.399 e. The molecule has 0 fully saturated rings. The summed E-state index contributed by atoms with van der Waals surface area (Å²) in [4.78, 5) is 15.0. The summed E-state index contributed by atoms with van der Waals surface area (Å²) in [5, 5.41) is 0. The Balaban J connectivity index is 1.84. The molecule has 0 saturated carbocycles. The number of hydrogen-bond donors (Lipinski definition) is 1. The van der Waals surface area contributed by atoms with Crippen LogP contribution in [0, 0.1) is 0 Å². The number of anilines is 2. The van der Waals surface area contributed by atoms with Gasteiger partial charge in [-0.05, 0) is 29.8 Å². The maximum Gasteiger partial charge on any atom is 0.180 e. The van der Waals surface area contributed by atoms with E-state index in [1.54, 1.807) is 12.4 Å². The Kier molecular flexibility index (Phi) is 3.16. The van der Waals surface area contributed by atoms with Crippen molar-refractivity contribution < 1.29 is 0 Å². The Bertz CT molecular complexity index is 724. The fraction of sp³-hybridized carbons (Fsp3) is 0.133. The Hall–Kier alpha value is -2.69. The number of benzene rings is 1. The third-order valence-electron chi connectivity index (χ3n) is 3.11. The zero-order valence-electron chi connectivity index (χ0n) is 11.2. The summed E-state index contributed by atoms with van der Waals surface area (Å²) >= 11 is 0. The zero-order valence-corrected chi connectivity index (χ0v) is 11.2. The second kappa shape index (κ2) is 5.13. The van der Waals surface area contributed by atoms with Crippen LogP contribution in [0.25, 0.3) is 11.2 Å². The summed E-state index contributed by atoms with van der Waals surface area (Å²) in [5.74, 6) is 0.870. The first-order valence-electron chi connectivity index (χ1n) is 6.36. The molecule has 2 heterocycles. The topological polar surface area (TPSA) is 67.9 Å². The molecular weight excluding hydrogens is 250 g/mol.